The van der Waals surface area contributed by atoms with Gasteiger partial charge in [-0.05, 0) is 45.0 Å². The standard InChI is InChI=1S/C14H20N4/c1-5-15-10(2)13-6-8-14(9-7-13)18-12(4)16-11(3)17-18/h6-10,15H,5H2,1-4H3. The van der Waals surface area contributed by atoms with Crippen molar-refractivity contribution in [1.29, 1.82) is 0 Å². The number of hydrogen-bond acceptors (Lipinski definition) is 3. The molecule has 4 nitrogen and oxygen atoms in total. The van der Waals surface area contributed by atoms with Crippen LogP contribution in [0.25, 0.3) is 5.69 Å². The maximum Gasteiger partial charge on any atom is 0.148 e. The Morgan fingerprint density at radius 1 is 1.22 bits per heavy atom. The summed E-state index contributed by atoms with van der Waals surface area (Å²) in [6.07, 6.45) is 0. The Morgan fingerprint density at radius 3 is 2.39 bits per heavy atom. The highest BCUT2D eigenvalue weighted by Crippen LogP contribution is 2.16. The molecule has 0 fully saturated rings. The number of hydrogen-bond donors (Lipinski definition) is 1. The molecule has 1 N–H and O–H groups in total. The minimum Gasteiger partial charge on any atom is -0.310 e. The zero-order valence-corrected chi connectivity index (χ0v) is 11.4. The van der Waals surface area contributed by atoms with Crippen LogP contribution >= 0.6 is 0 Å². The van der Waals surface area contributed by atoms with Crippen molar-refractivity contribution in [3.63, 3.8) is 0 Å². The maximum atomic E-state index is 4.38. The molecule has 1 unspecified atom stereocenters. The lowest BCUT2D eigenvalue weighted by molar-refractivity contribution is 0.598. The first-order chi connectivity index (χ1) is 8.61. The van der Waals surface area contributed by atoms with E-state index in [0.717, 1.165) is 23.9 Å². The van der Waals surface area contributed by atoms with Crippen LogP contribution in [0.4, 0.5) is 0 Å². The van der Waals surface area contributed by atoms with Gasteiger partial charge in [-0.2, -0.15) is 5.10 Å². The van der Waals surface area contributed by atoms with Crippen molar-refractivity contribution in [3.8, 4) is 5.69 Å². The zero-order valence-electron chi connectivity index (χ0n) is 11.4. The van der Waals surface area contributed by atoms with Crippen molar-refractivity contribution in [3.05, 3.63) is 41.5 Å². The molecule has 2 rings (SSSR count). The van der Waals surface area contributed by atoms with Crippen molar-refractivity contribution in [2.45, 2.75) is 33.7 Å². The minimum absolute atomic E-state index is 0.377. The molecule has 0 spiro atoms. The van der Waals surface area contributed by atoms with Crippen molar-refractivity contribution < 1.29 is 0 Å². The molecule has 0 amide bonds. The summed E-state index contributed by atoms with van der Waals surface area (Å²) in [6.45, 7) is 9.14. The third-order valence-corrected chi connectivity index (χ3v) is 3.02. The topological polar surface area (TPSA) is 42.7 Å². The van der Waals surface area contributed by atoms with Gasteiger partial charge in [0.2, 0.25) is 0 Å². The van der Waals surface area contributed by atoms with Crippen LogP contribution in [0, 0.1) is 13.8 Å². The second-order valence-electron chi connectivity index (χ2n) is 4.49. The predicted octanol–water partition coefficient (Wildman–Crippen LogP) is 2.55. The zero-order chi connectivity index (χ0) is 13.1. The third kappa shape index (κ3) is 2.59. The summed E-state index contributed by atoms with van der Waals surface area (Å²) in [4.78, 5) is 4.31. The van der Waals surface area contributed by atoms with E-state index in [-0.39, 0.29) is 0 Å². The van der Waals surface area contributed by atoms with E-state index in [9.17, 15) is 0 Å². The Bertz CT molecular complexity index is 513. The lowest BCUT2D eigenvalue weighted by Crippen LogP contribution is -2.17. The SMILES string of the molecule is CCNC(C)c1ccc(-n2nc(C)nc2C)cc1. The van der Waals surface area contributed by atoms with Crippen LogP contribution in [0.3, 0.4) is 0 Å². The monoisotopic (exact) mass is 244 g/mol. The second kappa shape index (κ2) is 5.31. The molecule has 2 aromatic rings. The fourth-order valence-corrected chi connectivity index (χ4v) is 2.09. The van der Waals surface area contributed by atoms with Crippen LogP contribution in [-0.4, -0.2) is 21.3 Å². The van der Waals surface area contributed by atoms with Gasteiger partial charge in [0.25, 0.3) is 0 Å². The molecule has 96 valence electrons. The van der Waals surface area contributed by atoms with Crippen LogP contribution in [0.5, 0.6) is 0 Å². The molecule has 18 heavy (non-hydrogen) atoms. The molecule has 1 aromatic heterocycles. The van der Waals surface area contributed by atoms with Gasteiger partial charge in [0.05, 0.1) is 5.69 Å². The van der Waals surface area contributed by atoms with Gasteiger partial charge >= 0.3 is 0 Å². The summed E-state index contributed by atoms with van der Waals surface area (Å²) in [5.41, 5.74) is 2.34. The summed E-state index contributed by atoms with van der Waals surface area (Å²) in [5, 5.41) is 7.78. The first kappa shape index (κ1) is 12.8. The second-order valence-corrected chi connectivity index (χ2v) is 4.49. The van der Waals surface area contributed by atoms with E-state index in [1.165, 1.54) is 5.56 Å². The van der Waals surface area contributed by atoms with E-state index in [0.29, 0.717) is 6.04 Å². The number of aromatic nitrogens is 3. The largest absolute Gasteiger partial charge is 0.310 e. The molecule has 0 aliphatic rings. The smallest absolute Gasteiger partial charge is 0.148 e. The highest BCUT2D eigenvalue weighted by atomic mass is 15.3. The fourth-order valence-electron chi connectivity index (χ4n) is 2.09. The number of benzene rings is 1. The molecule has 1 aromatic carbocycles. The van der Waals surface area contributed by atoms with Gasteiger partial charge in [-0.15, -0.1) is 0 Å². The number of nitrogens with one attached hydrogen (secondary N) is 1. The molecule has 4 heteroatoms. The summed E-state index contributed by atoms with van der Waals surface area (Å²) in [5.74, 6) is 1.72. The maximum absolute atomic E-state index is 4.38. The highest BCUT2D eigenvalue weighted by molar-refractivity contribution is 5.35. The lowest BCUT2D eigenvalue weighted by atomic mass is 10.1. The van der Waals surface area contributed by atoms with Crippen LogP contribution in [0.2, 0.25) is 0 Å². The molecule has 0 aliphatic carbocycles. The average molecular weight is 244 g/mol. The van der Waals surface area contributed by atoms with E-state index in [4.69, 9.17) is 0 Å². The highest BCUT2D eigenvalue weighted by Gasteiger charge is 2.07. The molecular weight excluding hydrogens is 224 g/mol. The number of nitrogens with zero attached hydrogens (tertiary/aromatic N) is 3. The van der Waals surface area contributed by atoms with Crippen molar-refractivity contribution in [2.75, 3.05) is 6.54 Å². The molecule has 0 radical (unpaired) electrons. The summed E-state index contributed by atoms with van der Waals surface area (Å²) in [7, 11) is 0. The summed E-state index contributed by atoms with van der Waals surface area (Å²) in [6, 6.07) is 8.83. The Morgan fingerprint density at radius 2 is 1.89 bits per heavy atom. The summed E-state index contributed by atoms with van der Waals surface area (Å²) < 4.78 is 1.87. The van der Waals surface area contributed by atoms with E-state index in [1.807, 2.05) is 18.5 Å². The molecule has 0 aliphatic heterocycles. The number of aryl methyl sites for hydroxylation is 2. The summed E-state index contributed by atoms with van der Waals surface area (Å²) >= 11 is 0. The Labute approximate surface area is 108 Å². The third-order valence-electron chi connectivity index (χ3n) is 3.02. The van der Waals surface area contributed by atoms with Crippen LogP contribution < -0.4 is 5.32 Å². The van der Waals surface area contributed by atoms with Gasteiger partial charge in [0.15, 0.2) is 0 Å². The van der Waals surface area contributed by atoms with Crippen molar-refractivity contribution in [2.24, 2.45) is 0 Å². The quantitative estimate of drug-likeness (QED) is 0.898. The molecule has 0 bridgehead atoms. The van der Waals surface area contributed by atoms with Crippen LogP contribution in [-0.2, 0) is 0 Å². The van der Waals surface area contributed by atoms with Gasteiger partial charge in [-0.1, -0.05) is 19.1 Å². The molecule has 0 saturated heterocycles. The Balaban J connectivity index is 2.25. The minimum atomic E-state index is 0.377. The van der Waals surface area contributed by atoms with Gasteiger partial charge in [-0.3, -0.25) is 0 Å². The van der Waals surface area contributed by atoms with Gasteiger partial charge in [0, 0.05) is 6.04 Å². The Hall–Kier alpha value is -1.68. The van der Waals surface area contributed by atoms with E-state index in [2.05, 4.69) is 53.5 Å². The van der Waals surface area contributed by atoms with Gasteiger partial charge < -0.3 is 5.32 Å². The van der Waals surface area contributed by atoms with Crippen LogP contribution in [0.1, 0.15) is 37.1 Å². The predicted molar refractivity (Wildman–Crippen MR) is 72.9 cm³/mol. The Kier molecular flexibility index (Phi) is 3.77. The van der Waals surface area contributed by atoms with Crippen molar-refractivity contribution in [1.82, 2.24) is 20.1 Å². The van der Waals surface area contributed by atoms with Gasteiger partial charge in [0.1, 0.15) is 11.6 Å². The van der Waals surface area contributed by atoms with Gasteiger partial charge in [-0.25, -0.2) is 9.67 Å². The van der Waals surface area contributed by atoms with Crippen molar-refractivity contribution >= 4 is 0 Å². The fraction of sp³-hybridized carbons (Fsp3) is 0.429. The molecule has 1 atom stereocenters. The molecular formula is C14H20N4. The average Bonchev–Trinajstić information content (AvgIpc) is 2.69. The van der Waals surface area contributed by atoms with E-state index >= 15 is 0 Å². The van der Waals surface area contributed by atoms with E-state index < -0.39 is 0 Å². The van der Waals surface area contributed by atoms with E-state index in [1.54, 1.807) is 0 Å². The molecule has 1 heterocycles. The first-order valence-electron chi connectivity index (χ1n) is 6.35. The normalized spacial score (nSPS) is 12.7. The molecule has 0 saturated carbocycles. The first-order valence-corrected chi connectivity index (χ1v) is 6.35. The number of rotatable bonds is 4. The lowest BCUT2D eigenvalue weighted by Gasteiger charge is -2.13. The van der Waals surface area contributed by atoms with Crippen LogP contribution in [0.15, 0.2) is 24.3 Å².